The van der Waals surface area contributed by atoms with Gasteiger partial charge in [-0.1, -0.05) is 20.8 Å². The number of ether oxygens (including phenoxy) is 1. The fourth-order valence-electron chi connectivity index (χ4n) is 1.73. The van der Waals surface area contributed by atoms with Crippen molar-refractivity contribution in [3.05, 3.63) is 53.2 Å². The third kappa shape index (κ3) is 3.91. The third-order valence-corrected chi connectivity index (χ3v) is 3.21. The maximum absolute atomic E-state index is 13.2. The van der Waals surface area contributed by atoms with Gasteiger partial charge in [-0.05, 0) is 23.8 Å². The van der Waals surface area contributed by atoms with Gasteiger partial charge in [0, 0.05) is 23.4 Å². The van der Waals surface area contributed by atoms with Gasteiger partial charge in [-0.25, -0.2) is 13.8 Å². The fourth-order valence-corrected chi connectivity index (χ4v) is 1.89. The molecule has 0 bridgehead atoms. The molecule has 0 atom stereocenters. The molecule has 0 amide bonds. The Hall–Kier alpha value is -1.68. The first kappa shape index (κ1) is 15.7. The Morgan fingerprint density at radius 1 is 1.10 bits per heavy atom. The second-order valence-electron chi connectivity index (χ2n) is 5.76. The summed E-state index contributed by atoms with van der Waals surface area (Å²) in [7, 11) is 0. The van der Waals surface area contributed by atoms with E-state index < -0.39 is 11.6 Å². The monoisotopic (exact) mass is 311 g/mol. The van der Waals surface area contributed by atoms with E-state index in [4.69, 9.17) is 16.3 Å². The first-order chi connectivity index (χ1) is 9.79. The van der Waals surface area contributed by atoms with Gasteiger partial charge < -0.3 is 4.74 Å². The van der Waals surface area contributed by atoms with E-state index in [-0.39, 0.29) is 11.2 Å². The molecule has 2 rings (SSSR count). The SMILES string of the molecule is CC(C)(C)c1cc(CCl)cc(Oc2ccc(F)c(F)c2)n1. The standard InChI is InChI=1S/C16H16ClF2NO/c1-16(2,3)14-6-10(9-17)7-15(20-14)21-11-4-5-12(18)13(19)8-11/h4-8H,9H2,1-3H3. The molecule has 0 aliphatic rings. The van der Waals surface area contributed by atoms with Gasteiger partial charge in [-0.15, -0.1) is 11.6 Å². The van der Waals surface area contributed by atoms with Crippen LogP contribution in [0.3, 0.4) is 0 Å². The van der Waals surface area contributed by atoms with Crippen LogP contribution < -0.4 is 4.74 Å². The molecule has 21 heavy (non-hydrogen) atoms. The number of rotatable bonds is 3. The lowest BCUT2D eigenvalue weighted by molar-refractivity contribution is 0.439. The van der Waals surface area contributed by atoms with E-state index in [9.17, 15) is 8.78 Å². The summed E-state index contributed by atoms with van der Waals surface area (Å²) < 4.78 is 31.6. The zero-order valence-corrected chi connectivity index (χ0v) is 12.8. The van der Waals surface area contributed by atoms with Crippen molar-refractivity contribution in [3.63, 3.8) is 0 Å². The van der Waals surface area contributed by atoms with Gasteiger partial charge >= 0.3 is 0 Å². The number of hydrogen-bond donors (Lipinski definition) is 0. The minimum absolute atomic E-state index is 0.172. The Bertz CT molecular complexity index is 653. The minimum atomic E-state index is -0.961. The topological polar surface area (TPSA) is 22.1 Å². The molecule has 0 aliphatic carbocycles. The molecule has 0 N–H and O–H groups in total. The summed E-state index contributed by atoms with van der Waals surface area (Å²) in [6, 6.07) is 6.95. The summed E-state index contributed by atoms with van der Waals surface area (Å²) >= 11 is 5.88. The molecule has 1 aromatic carbocycles. The summed E-state index contributed by atoms with van der Waals surface area (Å²) in [6.07, 6.45) is 0. The van der Waals surface area contributed by atoms with E-state index in [0.29, 0.717) is 11.8 Å². The molecule has 1 heterocycles. The van der Waals surface area contributed by atoms with Gasteiger partial charge in [-0.2, -0.15) is 0 Å². The molecule has 0 saturated carbocycles. The molecule has 0 spiro atoms. The van der Waals surface area contributed by atoms with Crippen LogP contribution in [0.4, 0.5) is 8.78 Å². The highest BCUT2D eigenvalue weighted by molar-refractivity contribution is 6.17. The average molecular weight is 312 g/mol. The van der Waals surface area contributed by atoms with Crippen LogP contribution in [-0.2, 0) is 11.3 Å². The lowest BCUT2D eigenvalue weighted by Gasteiger charge is -2.19. The number of halogens is 3. The highest BCUT2D eigenvalue weighted by Gasteiger charge is 2.18. The van der Waals surface area contributed by atoms with Gasteiger partial charge in [-0.3, -0.25) is 0 Å². The Morgan fingerprint density at radius 2 is 1.81 bits per heavy atom. The minimum Gasteiger partial charge on any atom is -0.439 e. The van der Waals surface area contributed by atoms with Crippen molar-refractivity contribution in [2.24, 2.45) is 0 Å². The van der Waals surface area contributed by atoms with Crippen LogP contribution >= 0.6 is 11.6 Å². The number of aromatic nitrogens is 1. The number of nitrogens with zero attached hydrogens (tertiary/aromatic N) is 1. The molecule has 2 nitrogen and oxygen atoms in total. The normalized spacial score (nSPS) is 11.5. The Balaban J connectivity index is 2.36. The van der Waals surface area contributed by atoms with E-state index in [1.807, 2.05) is 26.8 Å². The number of alkyl halides is 1. The zero-order chi connectivity index (χ0) is 15.6. The van der Waals surface area contributed by atoms with Crippen LogP contribution in [0.2, 0.25) is 0 Å². The summed E-state index contributed by atoms with van der Waals surface area (Å²) in [5.41, 5.74) is 1.50. The summed E-state index contributed by atoms with van der Waals surface area (Å²) in [6.45, 7) is 6.07. The molecular formula is C16H16ClF2NO. The molecule has 112 valence electrons. The molecule has 2 aromatic rings. The predicted molar refractivity (Wildman–Crippen MR) is 78.9 cm³/mol. The maximum Gasteiger partial charge on any atom is 0.219 e. The second-order valence-corrected chi connectivity index (χ2v) is 6.03. The summed E-state index contributed by atoms with van der Waals surface area (Å²) in [4.78, 5) is 4.40. The maximum atomic E-state index is 13.2. The Kier molecular flexibility index (Phi) is 4.47. The Morgan fingerprint density at radius 3 is 2.38 bits per heavy atom. The van der Waals surface area contributed by atoms with E-state index in [0.717, 1.165) is 23.4 Å². The van der Waals surface area contributed by atoms with Crippen molar-refractivity contribution in [3.8, 4) is 11.6 Å². The van der Waals surface area contributed by atoms with Gasteiger partial charge in [0.05, 0.1) is 5.69 Å². The highest BCUT2D eigenvalue weighted by atomic mass is 35.5. The first-order valence-corrected chi connectivity index (χ1v) is 7.03. The summed E-state index contributed by atoms with van der Waals surface area (Å²) in [5, 5.41) is 0. The molecule has 0 fully saturated rings. The van der Waals surface area contributed by atoms with Crippen LogP contribution in [0.25, 0.3) is 0 Å². The van der Waals surface area contributed by atoms with Crippen LogP contribution in [0.15, 0.2) is 30.3 Å². The molecular weight excluding hydrogens is 296 g/mol. The highest BCUT2D eigenvalue weighted by Crippen LogP contribution is 2.28. The van der Waals surface area contributed by atoms with Crippen molar-refractivity contribution in [2.45, 2.75) is 32.1 Å². The average Bonchev–Trinajstić information content (AvgIpc) is 2.41. The van der Waals surface area contributed by atoms with Crippen molar-refractivity contribution in [1.82, 2.24) is 4.98 Å². The van der Waals surface area contributed by atoms with Crippen molar-refractivity contribution < 1.29 is 13.5 Å². The van der Waals surface area contributed by atoms with Crippen LogP contribution in [0.5, 0.6) is 11.6 Å². The van der Waals surface area contributed by atoms with E-state index >= 15 is 0 Å². The lowest BCUT2D eigenvalue weighted by atomic mass is 9.91. The quantitative estimate of drug-likeness (QED) is 0.728. The van der Waals surface area contributed by atoms with Gasteiger partial charge in [0.1, 0.15) is 5.75 Å². The van der Waals surface area contributed by atoms with Crippen molar-refractivity contribution in [2.75, 3.05) is 0 Å². The predicted octanol–water partition coefficient (Wildman–Crippen LogP) is 5.19. The van der Waals surface area contributed by atoms with Gasteiger partial charge in [0.2, 0.25) is 5.88 Å². The van der Waals surface area contributed by atoms with E-state index in [1.165, 1.54) is 6.07 Å². The molecule has 0 aliphatic heterocycles. The second kappa shape index (κ2) is 5.98. The van der Waals surface area contributed by atoms with Crippen molar-refractivity contribution in [1.29, 1.82) is 0 Å². The van der Waals surface area contributed by atoms with E-state index in [1.54, 1.807) is 6.07 Å². The van der Waals surface area contributed by atoms with E-state index in [2.05, 4.69) is 4.98 Å². The van der Waals surface area contributed by atoms with Gasteiger partial charge in [0.25, 0.3) is 0 Å². The van der Waals surface area contributed by atoms with Crippen molar-refractivity contribution >= 4 is 11.6 Å². The smallest absolute Gasteiger partial charge is 0.219 e. The fraction of sp³-hybridized carbons (Fsp3) is 0.312. The van der Waals surface area contributed by atoms with Crippen LogP contribution in [0, 0.1) is 11.6 Å². The number of benzene rings is 1. The zero-order valence-electron chi connectivity index (χ0n) is 12.1. The molecule has 5 heteroatoms. The van der Waals surface area contributed by atoms with Crippen LogP contribution in [0.1, 0.15) is 32.0 Å². The third-order valence-electron chi connectivity index (χ3n) is 2.90. The number of pyridine rings is 1. The van der Waals surface area contributed by atoms with Crippen LogP contribution in [-0.4, -0.2) is 4.98 Å². The molecule has 0 unspecified atom stereocenters. The Labute approximate surface area is 127 Å². The number of hydrogen-bond acceptors (Lipinski definition) is 2. The molecule has 0 saturated heterocycles. The molecule has 1 aromatic heterocycles. The van der Waals surface area contributed by atoms with Gasteiger partial charge in [0.15, 0.2) is 11.6 Å². The largest absolute Gasteiger partial charge is 0.439 e. The first-order valence-electron chi connectivity index (χ1n) is 6.50. The summed E-state index contributed by atoms with van der Waals surface area (Å²) in [5.74, 6) is -1.06. The lowest BCUT2D eigenvalue weighted by Crippen LogP contribution is -2.14. The molecule has 0 radical (unpaired) electrons.